The highest BCUT2D eigenvalue weighted by Gasteiger charge is 2.34. The lowest BCUT2D eigenvalue weighted by Crippen LogP contribution is -2.48. The fourth-order valence-corrected chi connectivity index (χ4v) is 3.68. The van der Waals surface area contributed by atoms with Crippen molar-refractivity contribution >= 4 is 17.8 Å². The number of hydrogen-bond donors (Lipinski definition) is 1. The zero-order chi connectivity index (χ0) is 19.7. The van der Waals surface area contributed by atoms with Crippen LogP contribution < -0.4 is 4.74 Å². The number of piperidine rings is 1. The van der Waals surface area contributed by atoms with Gasteiger partial charge in [0, 0.05) is 26.6 Å². The average Bonchev–Trinajstić information content (AvgIpc) is 3.04. The summed E-state index contributed by atoms with van der Waals surface area (Å²) in [5.74, 6) is -1.13. The maximum Gasteiger partial charge on any atom is 0.308 e. The van der Waals surface area contributed by atoms with E-state index in [-0.39, 0.29) is 24.9 Å². The fraction of sp³-hybridized carbons (Fsp3) is 0.550. The molecule has 7 heteroatoms. The van der Waals surface area contributed by atoms with Crippen LogP contribution in [0, 0.1) is 19.8 Å². The van der Waals surface area contributed by atoms with Crippen molar-refractivity contribution < 1.29 is 24.2 Å². The molecular formula is C20H26N2O5. The highest BCUT2D eigenvalue weighted by Crippen LogP contribution is 2.32. The van der Waals surface area contributed by atoms with Gasteiger partial charge in [-0.15, -0.1) is 0 Å². The predicted octanol–water partition coefficient (Wildman–Crippen LogP) is 1.39. The second kappa shape index (κ2) is 7.58. The SMILES string of the molecule is Cc1cc2c(cc1C)OC(C(=O)N(C)CC(=O)N1CCCC(C(=O)O)C1)C2. The summed E-state index contributed by atoms with van der Waals surface area (Å²) in [4.78, 5) is 39.3. The predicted molar refractivity (Wildman–Crippen MR) is 98.6 cm³/mol. The standard InChI is InChI=1S/C20H26N2O5/c1-12-7-15-9-17(27-16(15)8-13(12)2)19(24)21(3)11-18(23)22-6-4-5-14(10-22)20(25)26/h7-8,14,17H,4-6,9-11H2,1-3H3,(H,25,26). The molecule has 2 aliphatic rings. The van der Waals surface area contributed by atoms with Crippen LogP contribution in [0.2, 0.25) is 0 Å². The Balaban J connectivity index is 1.58. The Morgan fingerprint density at radius 2 is 1.96 bits per heavy atom. The molecule has 1 saturated heterocycles. The van der Waals surface area contributed by atoms with Crippen LogP contribution in [0.3, 0.4) is 0 Å². The van der Waals surface area contributed by atoms with Gasteiger partial charge in [-0.1, -0.05) is 6.07 Å². The van der Waals surface area contributed by atoms with Crippen molar-refractivity contribution in [3.8, 4) is 5.75 Å². The number of rotatable bonds is 4. The van der Waals surface area contributed by atoms with Crippen molar-refractivity contribution in [1.29, 1.82) is 0 Å². The lowest BCUT2D eigenvalue weighted by molar-refractivity contribution is -0.148. The van der Waals surface area contributed by atoms with Gasteiger partial charge in [0.15, 0.2) is 6.10 Å². The molecule has 146 valence electrons. The Hall–Kier alpha value is -2.57. The molecule has 1 N–H and O–H groups in total. The van der Waals surface area contributed by atoms with Gasteiger partial charge in [-0.05, 0) is 49.4 Å². The van der Waals surface area contributed by atoms with Crippen LogP contribution in [0.4, 0.5) is 0 Å². The fourth-order valence-electron chi connectivity index (χ4n) is 3.68. The van der Waals surface area contributed by atoms with E-state index < -0.39 is 18.0 Å². The third kappa shape index (κ3) is 4.07. The number of carbonyl (C=O) groups excluding carboxylic acids is 2. The van der Waals surface area contributed by atoms with Crippen LogP contribution in [0.1, 0.15) is 29.5 Å². The van der Waals surface area contributed by atoms with E-state index in [9.17, 15) is 14.4 Å². The maximum absolute atomic E-state index is 12.7. The van der Waals surface area contributed by atoms with Crippen LogP contribution in [0.5, 0.6) is 5.75 Å². The molecule has 3 rings (SSSR count). The van der Waals surface area contributed by atoms with Crippen molar-refractivity contribution in [3.63, 3.8) is 0 Å². The Kier molecular flexibility index (Phi) is 5.39. The highest BCUT2D eigenvalue weighted by atomic mass is 16.5. The van der Waals surface area contributed by atoms with Gasteiger partial charge in [0.25, 0.3) is 5.91 Å². The second-order valence-electron chi connectivity index (χ2n) is 7.57. The van der Waals surface area contributed by atoms with Crippen LogP contribution in [-0.4, -0.2) is 65.5 Å². The molecule has 0 spiro atoms. The highest BCUT2D eigenvalue weighted by molar-refractivity contribution is 5.88. The molecule has 0 radical (unpaired) electrons. The second-order valence-corrected chi connectivity index (χ2v) is 7.57. The van der Waals surface area contributed by atoms with E-state index in [1.807, 2.05) is 26.0 Å². The minimum atomic E-state index is -0.875. The first-order valence-corrected chi connectivity index (χ1v) is 9.28. The molecule has 2 unspecified atom stereocenters. The number of aryl methyl sites for hydroxylation is 2. The van der Waals surface area contributed by atoms with Crippen LogP contribution >= 0.6 is 0 Å². The number of likely N-dealkylation sites (tertiary alicyclic amines) is 1. The molecule has 2 amide bonds. The number of carbonyl (C=O) groups is 3. The number of fused-ring (bicyclic) bond motifs is 1. The molecule has 1 aromatic rings. The summed E-state index contributed by atoms with van der Waals surface area (Å²) in [6, 6.07) is 3.99. The number of amides is 2. The number of likely N-dealkylation sites (N-methyl/N-ethyl adjacent to an activating group) is 1. The number of benzene rings is 1. The van der Waals surface area contributed by atoms with E-state index in [4.69, 9.17) is 9.84 Å². The van der Waals surface area contributed by atoms with Crippen LogP contribution in [0.25, 0.3) is 0 Å². The summed E-state index contributed by atoms with van der Waals surface area (Å²) in [5.41, 5.74) is 3.28. The molecular weight excluding hydrogens is 348 g/mol. The Morgan fingerprint density at radius 3 is 2.67 bits per heavy atom. The van der Waals surface area contributed by atoms with E-state index in [1.54, 1.807) is 11.9 Å². The third-order valence-electron chi connectivity index (χ3n) is 5.50. The lowest BCUT2D eigenvalue weighted by atomic mass is 9.98. The van der Waals surface area contributed by atoms with Gasteiger partial charge >= 0.3 is 5.97 Å². The number of nitrogens with zero attached hydrogens (tertiary/aromatic N) is 2. The van der Waals surface area contributed by atoms with Crippen LogP contribution in [0.15, 0.2) is 12.1 Å². The van der Waals surface area contributed by atoms with Gasteiger partial charge in [-0.3, -0.25) is 14.4 Å². The Morgan fingerprint density at radius 1 is 1.26 bits per heavy atom. The minimum Gasteiger partial charge on any atom is -0.481 e. The molecule has 2 heterocycles. The van der Waals surface area contributed by atoms with Crippen molar-refractivity contribution in [2.75, 3.05) is 26.7 Å². The topological polar surface area (TPSA) is 87.2 Å². The number of carboxylic acid groups (broad SMARTS) is 1. The summed E-state index contributed by atoms with van der Waals surface area (Å²) in [7, 11) is 1.59. The molecule has 0 bridgehead atoms. The van der Waals surface area contributed by atoms with Crippen LogP contribution in [-0.2, 0) is 20.8 Å². The molecule has 27 heavy (non-hydrogen) atoms. The van der Waals surface area contributed by atoms with E-state index in [0.717, 1.165) is 22.4 Å². The number of aliphatic carboxylic acids is 1. The maximum atomic E-state index is 12.7. The average molecular weight is 374 g/mol. The van der Waals surface area contributed by atoms with Gasteiger partial charge < -0.3 is 19.6 Å². The summed E-state index contributed by atoms with van der Waals surface area (Å²) >= 11 is 0. The smallest absolute Gasteiger partial charge is 0.308 e. The molecule has 2 aliphatic heterocycles. The summed E-state index contributed by atoms with van der Waals surface area (Å²) in [5, 5.41) is 9.16. The number of hydrogen-bond acceptors (Lipinski definition) is 4. The summed E-state index contributed by atoms with van der Waals surface area (Å²) < 4.78 is 5.81. The van der Waals surface area contributed by atoms with Crippen molar-refractivity contribution in [2.24, 2.45) is 5.92 Å². The van der Waals surface area contributed by atoms with Gasteiger partial charge in [0.2, 0.25) is 5.91 Å². The number of carboxylic acids is 1. The van der Waals surface area contributed by atoms with Gasteiger partial charge in [-0.2, -0.15) is 0 Å². The molecule has 1 aromatic carbocycles. The normalized spacial score (nSPS) is 21.4. The first kappa shape index (κ1) is 19.2. The summed E-state index contributed by atoms with van der Waals surface area (Å²) in [6.07, 6.45) is 1.13. The monoisotopic (exact) mass is 374 g/mol. The van der Waals surface area contributed by atoms with Crippen molar-refractivity contribution in [2.45, 2.75) is 39.2 Å². The molecule has 0 aromatic heterocycles. The number of ether oxygens (including phenoxy) is 1. The molecule has 1 fully saturated rings. The molecule has 7 nitrogen and oxygen atoms in total. The van der Waals surface area contributed by atoms with E-state index in [0.29, 0.717) is 25.8 Å². The van der Waals surface area contributed by atoms with E-state index in [2.05, 4.69) is 0 Å². The van der Waals surface area contributed by atoms with Gasteiger partial charge in [-0.25, -0.2) is 0 Å². The van der Waals surface area contributed by atoms with Gasteiger partial charge in [0.1, 0.15) is 5.75 Å². The van der Waals surface area contributed by atoms with Crippen molar-refractivity contribution in [3.05, 3.63) is 28.8 Å². The lowest BCUT2D eigenvalue weighted by Gasteiger charge is -2.32. The first-order valence-electron chi connectivity index (χ1n) is 9.28. The Labute approximate surface area is 158 Å². The molecule has 0 saturated carbocycles. The van der Waals surface area contributed by atoms with E-state index >= 15 is 0 Å². The third-order valence-corrected chi connectivity index (χ3v) is 5.50. The first-order chi connectivity index (χ1) is 12.8. The zero-order valence-corrected chi connectivity index (χ0v) is 16.0. The van der Waals surface area contributed by atoms with Gasteiger partial charge in [0.05, 0.1) is 12.5 Å². The summed E-state index contributed by atoms with van der Waals surface area (Å²) in [6.45, 7) is 4.70. The molecule has 0 aliphatic carbocycles. The minimum absolute atomic E-state index is 0.0700. The zero-order valence-electron chi connectivity index (χ0n) is 16.0. The van der Waals surface area contributed by atoms with Crippen molar-refractivity contribution in [1.82, 2.24) is 9.80 Å². The molecule has 2 atom stereocenters. The largest absolute Gasteiger partial charge is 0.481 e. The quantitative estimate of drug-likeness (QED) is 0.861. The van der Waals surface area contributed by atoms with E-state index in [1.165, 1.54) is 4.90 Å². The Bertz CT molecular complexity index is 745.